The number of hydrogen-bond acceptors (Lipinski definition) is 5. The summed E-state index contributed by atoms with van der Waals surface area (Å²) >= 11 is 0. The van der Waals surface area contributed by atoms with Gasteiger partial charge in [0, 0.05) is 0 Å². The molecule has 2 rings (SSSR count). The van der Waals surface area contributed by atoms with Gasteiger partial charge < -0.3 is 20.4 Å². The number of anilines is 1. The molecule has 0 amide bonds. The Labute approximate surface area is 83.9 Å². The van der Waals surface area contributed by atoms with Crippen molar-refractivity contribution < 1.29 is 19.4 Å². The standard InChI is InChI=1S/C9H8N2O4/c10-9-11-5-2-1-4(3-6(5)15-9)7(12)8(13)14/h1-3,7,12H,(H2,10,11)(H,13,14). The van der Waals surface area contributed by atoms with Gasteiger partial charge in [0.1, 0.15) is 5.52 Å². The Morgan fingerprint density at radius 3 is 2.93 bits per heavy atom. The summed E-state index contributed by atoms with van der Waals surface area (Å²) in [5, 5.41) is 17.9. The van der Waals surface area contributed by atoms with E-state index in [-0.39, 0.29) is 11.6 Å². The van der Waals surface area contributed by atoms with Gasteiger partial charge in [-0.15, -0.1) is 0 Å². The Balaban J connectivity index is 2.50. The number of aliphatic carboxylic acids is 1. The van der Waals surface area contributed by atoms with Crippen molar-refractivity contribution in [2.75, 3.05) is 5.73 Å². The molecule has 0 bridgehead atoms. The third-order valence-corrected chi connectivity index (χ3v) is 1.98. The predicted octanol–water partition coefficient (Wildman–Crippen LogP) is 0.528. The maximum atomic E-state index is 10.5. The second-order valence-electron chi connectivity index (χ2n) is 3.02. The number of nitrogen functional groups attached to an aromatic ring is 1. The zero-order valence-electron chi connectivity index (χ0n) is 7.54. The first-order chi connectivity index (χ1) is 7.08. The van der Waals surface area contributed by atoms with Crippen LogP contribution in [0.5, 0.6) is 0 Å². The first kappa shape index (κ1) is 9.47. The molecule has 78 valence electrons. The monoisotopic (exact) mass is 208 g/mol. The lowest BCUT2D eigenvalue weighted by molar-refractivity contribution is -0.146. The van der Waals surface area contributed by atoms with E-state index < -0.39 is 12.1 Å². The Morgan fingerprint density at radius 2 is 2.27 bits per heavy atom. The molecule has 0 fully saturated rings. The number of aromatic nitrogens is 1. The molecule has 1 unspecified atom stereocenters. The number of carbonyl (C=O) groups is 1. The molecule has 6 nitrogen and oxygen atoms in total. The van der Waals surface area contributed by atoms with Crippen LogP contribution in [0, 0.1) is 0 Å². The molecule has 6 heteroatoms. The minimum Gasteiger partial charge on any atom is -0.479 e. The van der Waals surface area contributed by atoms with Crippen molar-refractivity contribution >= 4 is 23.1 Å². The van der Waals surface area contributed by atoms with Gasteiger partial charge >= 0.3 is 5.97 Å². The molecular formula is C9H8N2O4. The van der Waals surface area contributed by atoms with E-state index in [9.17, 15) is 9.90 Å². The van der Waals surface area contributed by atoms with Crippen molar-refractivity contribution in [1.82, 2.24) is 4.98 Å². The summed E-state index contributed by atoms with van der Waals surface area (Å²) in [5.74, 6) is -1.32. The third kappa shape index (κ3) is 1.62. The third-order valence-electron chi connectivity index (χ3n) is 1.98. The fourth-order valence-electron chi connectivity index (χ4n) is 1.27. The van der Waals surface area contributed by atoms with Crippen LogP contribution >= 0.6 is 0 Å². The number of aliphatic hydroxyl groups excluding tert-OH is 1. The first-order valence-electron chi connectivity index (χ1n) is 4.15. The lowest BCUT2D eigenvalue weighted by atomic mass is 10.1. The minimum absolute atomic E-state index is 0.00645. The lowest BCUT2D eigenvalue weighted by Crippen LogP contribution is -2.09. The van der Waals surface area contributed by atoms with E-state index in [0.717, 1.165) is 0 Å². The molecule has 1 heterocycles. The summed E-state index contributed by atoms with van der Waals surface area (Å²) in [6.45, 7) is 0. The minimum atomic E-state index is -1.57. The smallest absolute Gasteiger partial charge is 0.337 e. The van der Waals surface area contributed by atoms with Gasteiger partial charge in [0.05, 0.1) is 0 Å². The van der Waals surface area contributed by atoms with Crippen molar-refractivity contribution in [2.24, 2.45) is 0 Å². The number of hydrogen-bond donors (Lipinski definition) is 3. The molecule has 1 aromatic carbocycles. The zero-order chi connectivity index (χ0) is 11.0. The Hall–Kier alpha value is -2.08. The highest BCUT2D eigenvalue weighted by Gasteiger charge is 2.17. The molecular weight excluding hydrogens is 200 g/mol. The average Bonchev–Trinajstić information content (AvgIpc) is 2.55. The predicted molar refractivity (Wildman–Crippen MR) is 51.0 cm³/mol. The highest BCUT2D eigenvalue weighted by molar-refractivity contribution is 5.79. The number of nitrogens with two attached hydrogens (primary N) is 1. The number of carboxylic acids is 1. The molecule has 0 radical (unpaired) electrons. The van der Waals surface area contributed by atoms with Crippen molar-refractivity contribution in [2.45, 2.75) is 6.10 Å². The van der Waals surface area contributed by atoms with Crippen LogP contribution in [-0.4, -0.2) is 21.2 Å². The van der Waals surface area contributed by atoms with Gasteiger partial charge in [-0.05, 0) is 17.7 Å². The van der Waals surface area contributed by atoms with Gasteiger partial charge in [-0.25, -0.2) is 4.79 Å². The number of fused-ring (bicyclic) bond motifs is 1. The van der Waals surface area contributed by atoms with E-state index in [4.69, 9.17) is 15.3 Å². The molecule has 1 atom stereocenters. The number of nitrogens with zero attached hydrogens (tertiary/aromatic N) is 1. The van der Waals surface area contributed by atoms with E-state index in [1.54, 1.807) is 0 Å². The van der Waals surface area contributed by atoms with Crippen LogP contribution < -0.4 is 5.73 Å². The first-order valence-corrected chi connectivity index (χ1v) is 4.15. The topological polar surface area (TPSA) is 110 Å². The fourth-order valence-corrected chi connectivity index (χ4v) is 1.27. The highest BCUT2D eigenvalue weighted by atomic mass is 16.4. The summed E-state index contributed by atoms with van der Waals surface area (Å²) in [6.07, 6.45) is -1.57. The summed E-state index contributed by atoms with van der Waals surface area (Å²) in [6, 6.07) is 4.41. The highest BCUT2D eigenvalue weighted by Crippen LogP contribution is 2.22. The SMILES string of the molecule is Nc1nc2ccc(C(O)C(=O)O)cc2o1. The van der Waals surface area contributed by atoms with E-state index in [2.05, 4.69) is 4.98 Å². The summed E-state index contributed by atoms with van der Waals surface area (Å²) in [7, 11) is 0. The summed E-state index contributed by atoms with van der Waals surface area (Å²) in [4.78, 5) is 14.4. The molecule has 15 heavy (non-hydrogen) atoms. The fraction of sp³-hybridized carbons (Fsp3) is 0.111. The Kier molecular flexibility index (Phi) is 2.05. The molecule has 4 N–H and O–H groups in total. The quantitative estimate of drug-likeness (QED) is 0.663. The molecule has 0 spiro atoms. The lowest BCUT2D eigenvalue weighted by Gasteiger charge is -2.03. The van der Waals surface area contributed by atoms with Crippen LogP contribution in [-0.2, 0) is 4.79 Å². The van der Waals surface area contributed by atoms with Gasteiger partial charge in [-0.2, -0.15) is 4.98 Å². The Morgan fingerprint density at radius 1 is 1.53 bits per heavy atom. The maximum absolute atomic E-state index is 10.5. The summed E-state index contributed by atoms with van der Waals surface area (Å²) in [5.41, 5.74) is 6.42. The molecule has 0 aliphatic rings. The van der Waals surface area contributed by atoms with Gasteiger partial charge in [-0.3, -0.25) is 0 Å². The van der Waals surface area contributed by atoms with Crippen LogP contribution in [0.25, 0.3) is 11.1 Å². The molecule has 1 aromatic heterocycles. The largest absolute Gasteiger partial charge is 0.479 e. The number of rotatable bonds is 2. The van der Waals surface area contributed by atoms with Gasteiger partial charge in [-0.1, -0.05) is 6.07 Å². The van der Waals surface area contributed by atoms with Crippen LogP contribution in [0.15, 0.2) is 22.6 Å². The van der Waals surface area contributed by atoms with Gasteiger partial charge in [0.25, 0.3) is 6.01 Å². The van der Waals surface area contributed by atoms with Crippen molar-refractivity contribution in [1.29, 1.82) is 0 Å². The number of aliphatic hydroxyl groups is 1. The number of benzene rings is 1. The van der Waals surface area contributed by atoms with Crippen LogP contribution in [0.4, 0.5) is 6.01 Å². The van der Waals surface area contributed by atoms with E-state index in [1.807, 2.05) is 0 Å². The van der Waals surface area contributed by atoms with Crippen molar-refractivity contribution in [3.63, 3.8) is 0 Å². The van der Waals surface area contributed by atoms with Gasteiger partial charge in [0.2, 0.25) is 0 Å². The van der Waals surface area contributed by atoms with Crippen LogP contribution in [0.2, 0.25) is 0 Å². The average molecular weight is 208 g/mol. The molecule has 0 saturated carbocycles. The molecule has 0 aliphatic carbocycles. The molecule has 0 aliphatic heterocycles. The van der Waals surface area contributed by atoms with Crippen LogP contribution in [0.1, 0.15) is 11.7 Å². The van der Waals surface area contributed by atoms with E-state index in [0.29, 0.717) is 11.1 Å². The normalized spacial score (nSPS) is 12.9. The van der Waals surface area contributed by atoms with E-state index in [1.165, 1.54) is 18.2 Å². The van der Waals surface area contributed by atoms with Crippen molar-refractivity contribution in [3.8, 4) is 0 Å². The van der Waals surface area contributed by atoms with E-state index >= 15 is 0 Å². The second kappa shape index (κ2) is 3.25. The summed E-state index contributed by atoms with van der Waals surface area (Å²) < 4.78 is 5.00. The zero-order valence-corrected chi connectivity index (χ0v) is 7.54. The Bertz CT molecular complexity index is 520. The van der Waals surface area contributed by atoms with Gasteiger partial charge in [0.15, 0.2) is 11.7 Å². The molecule has 0 saturated heterocycles. The van der Waals surface area contributed by atoms with Crippen molar-refractivity contribution in [3.05, 3.63) is 23.8 Å². The number of carboxylic acid groups (broad SMARTS) is 1. The van der Waals surface area contributed by atoms with Crippen LogP contribution in [0.3, 0.4) is 0 Å². The second-order valence-corrected chi connectivity index (χ2v) is 3.02. The number of oxazole rings is 1. The maximum Gasteiger partial charge on any atom is 0.337 e. The molecule has 2 aromatic rings.